The Bertz CT molecular complexity index is 1410. The number of para-hydroxylation sites is 2. The van der Waals surface area contributed by atoms with E-state index in [-0.39, 0.29) is 48.0 Å². The molecule has 0 spiro atoms. The summed E-state index contributed by atoms with van der Waals surface area (Å²) >= 11 is 0. The van der Waals surface area contributed by atoms with Gasteiger partial charge in [0.2, 0.25) is 0 Å². The van der Waals surface area contributed by atoms with Gasteiger partial charge in [0.1, 0.15) is 11.6 Å². The van der Waals surface area contributed by atoms with E-state index in [1.807, 2.05) is 24.3 Å². The first-order valence-electron chi connectivity index (χ1n) is 11.9. The van der Waals surface area contributed by atoms with E-state index in [0.29, 0.717) is 24.2 Å². The Morgan fingerprint density at radius 3 is 2.08 bits per heavy atom. The number of aromatic nitrogens is 2. The lowest BCUT2D eigenvalue weighted by atomic mass is 9.89. The van der Waals surface area contributed by atoms with Crippen molar-refractivity contribution in [2.45, 2.75) is 25.9 Å². The van der Waals surface area contributed by atoms with Gasteiger partial charge in [-0.05, 0) is 68.4 Å². The Hall–Kier alpha value is -3.29. The van der Waals surface area contributed by atoms with E-state index in [9.17, 15) is 18.4 Å². The van der Waals surface area contributed by atoms with Gasteiger partial charge in [-0.25, -0.2) is 13.6 Å². The summed E-state index contributed by atoms with van der Waals surface area (Å²) in [4.78, 5) is 28.3. The van der Waals surface area contributed by atoms with Crippen molar-refractivity contribution in [3.63, 3.8) is 0 Å². The minimum atomic E-state index is -0.345. The van der Waals surface area contributed by atoms with E-state index in [4.69, 9.17) is 0 Å². The molecule has 0 saturated carbocycles. The molecule has 1 aliphatic heterocycles. The Labute approximate surface area is 214 Å². The van der Waals surface area contributed by atoms with Crippen LogP contribution >= 0.6 is 12.4 Å². The highest BCUT2D eigenvalue weighted by atomic mass is 35.5. The molecular weight excluding hydrogens is 484 g/mol. The molecule has 0 atom stereocenters. The van der Waals surface area contributed by atoms with Crippen LogP contribution in [0.5, 0.6) is 0 Å². The summed E-state index contributed by atoms with van der Waals surface area (Å²) in [5, 5.41) is 0. The first-order chi connectivity index (χ1) is 17.0. The predicted molar refractivity (Wildman–Crippen MR) is 139 cm³/mol. The third kappa shape index (κ3) is 5.27. The summed E-state index contributed by atoms with van der Waals surface area (Å²) in [6, 6.07) is 19.9. The van der Waals surface area contributed by atoms with Gasteiger partial charge in [0.05, 0.1) is 17.6 Å². The van der Waals surface area contributed by atoms with Crippen LogP contribution in [0.25, 0.3) is 11.0 Å². The summed E-state index contributed by atoms with van der Waals surface area (Å²) in [6.07, 6.45) is 1.47. The van der Waals surface area contributed by atoms with Gasteiger partial charge in [-0.3, -0.25) is 13.9 Å². The van der Waals surface area contributed by atoms with Gasteiger partial charge in [0.15, 0.2) is 5.78 Å². The topological polar surface area (TPSA) is 47.2 Å². The van der Waals surface area contributed by atoms with Crippen molar-refractivity contribution in [3.05, 3.63) is 106 Å². The third-order valence-corrected chi connectivity index (χ3v) is 6.94. The van der Waals surface area contributed by atoms with Crippen LogP contribution in [0.3, 0.4) is 0 Å². The number of hydrogen-bond acceptors (Lipinski definition) is 3. The van der Waals surface area contributed by atoms with Gasteiger partial charge in [-0.2, -0.15) is 0 Å². The molecule has 0 bridgehead atoms. The van der Waals surface area contributed by atoms with Crippen LogP contribution in [0.4, 0.5) is 8.78 Å². The molecule has 0 unspecified atom stereocenters. The molecule has 5 nitrogen and oxygen atoms in total. The minimum Gasteiger partial charge on any atom is -0.302 e. The fourth-order valence-electron chi connectivity index (χ4n) is 4.95. The predicted octanol–water partition coefficient (Wildman–Crippen LogP) is 5.15. The van der Waals surface area contributed by atoms with E-state index in [0.717, 1.165) is 37.0 Å². The molecule has 1 fully saturated rings. The number of likely N-dealkylation sites (tertiary alicyclic amines) is 1. The number of piperidine rings is 1. The molecule has 3 aromatic carbocycles. The Balaban J connectivity index is 0.00000304. The van der Waals surface area contributed by atoms with Crippen molar-refractivity contribution in [1.29, 1.82) is 0 Å². The van der Waals surface area contributed by atoms with Crippen molar-refractivity contribution in [2.24, 2.45) is 5.92 Å². The minimum absolute atomic E-state index is 0. The molecule has 5 rings (SSSR count). The van der Waals surface area contributed by atoms with E-state index in [1.54, 1.807) is 39.5 Å². The maximum Gasteiger partial charge on any atom is 0.329 e. The first-order valence-corrected chi connectivity index (χ1v) is 11.9. The van der Waals surface area contributed by atoms with Crippen LogP contribution in [-0.2, 0) is 13.1 Å². The average Bonchev–Trinajstić information content (AvgIpc) is 3.15. The summed E-state index contributed by atoms with van der Waals surface area (Å²) in [6.45, 7) is 2.90. The first kappa shape index (κ1) is 25.8. The highest BCUT2D eigenvalue weighted by Gasteiger charge is 2.26. The SMILES string of the molecule is Cl.O=C(c1ccc(F)cc1)C1CCN(CCn2c(=O)n(Cc3ccccc3F)c3ccccc32)CC1. The summed E-state index contributed by atoms with van der Waals surface area (Å²) < 4.78 is 30.8. The molecule has 188 valence electrons. The maximum absolute atomic E-state index is 14.2. The van der Waals surface area contributed by atoms with Crippen molar-refractivity contribution >= 4 is 29.2 Å². The molecule has 0 amide bonds. The number of rotatable bonds is 7. The number of imidazole rings is 1. The average molecular weight is 512 g/mol. The summed E-state index contributed by atoms with van der Waals surface area (Å²) in [5.41, 5.74) is 2.49. The lowest BCUT2D eigenvalue weighted by molar-refractivity contribution is 0.0837. The molecule has 8 heteroatoms. The normalized spacial score (nSPS) is 14.6. The summed E-state index contributed by atoms with van der Waals surface area (Å²) in [5.74, 6) is -0.671. The molecule has 0 aliphatic carbocycles. The molecular formula is C28H28ClF2N3O2. The van der Waals surface area contributed by atoms with Crippen molar-refractivity contribution in [2.75, 3.05) is 19.6 Å². The third-order valence-electron chi connectivity index (χ3n) is 6.94. The molecule has 1 saturated heterocycles. The van der Waals surface area contributed by atoms with Crippen LogP contribution in [0.15, 0.2) is 77.6 Å². The fraction of sp³-hybridized carbons (Fsp3) is 0.286. The second kappa shape index (κ2) is 11.2. The van der Waals surface area contributed by atoms with Crippen LogP contribution in [0.2, 0.25) is 0 Å². The number of fused-ring (bicyclic) bond motifs is 1. The molecule has 2 heterocycles. The van der Waals surface area contributed by atoms with Gasteiger partial charge in [0, 0.05) is 30.1 Å². The maximum atomic E-state index is 14.2. The van der Waals surface area contributed by atoms with Gasteiger partial charge in [-0.1, -0.05) is 30.3 Å². The molecule has 4 aromatic rings. The lowest BCUT2D eigenvalue weighted by Gasteiger charge is -2.31. The zero-order valence-electron chi connectivity index (χ0n) is 19.8. The highest BCUT2D eigenvalue weighted by molar-refractivity contribution is 5.97. The number of carbonyl (C=O) groups excluding carboxylic acids is 1. The van der Waals surface area contributed by atoms with E-state index in [2.05, 4.69) is 4.90 Å². The Morgan fingerprint density at radius 2 is 1.42 bits per heavy atom. The van der Waals surface area contributed by atoms with Gasteiger partial charge in [0.25, 0.3) is 0 Å². The molecule has 1 aliphatic rings. The Kier molecular flexibility index (Phi) is 8.01. The van der Waals surface area contributed by atoms with Gasteiger partial charge < -0.3 is 4.90 Å². The summed E-state index contributed by atoms with van der Waals surface area (Å²) in [7, 11) is 0. The Morgan fingerprint density at radius 1 is 0.806 bits per heavy atom. The van der Waals surface area contributed by atoms with E-state index < -0.39 is 0 Å². The molecule has 36 heavy (non-hydrogen) atoms. The number of benzene rings is 3. The second-order valence-electron chi connectivity index (χ2n) is 9.09. The molecule has 0 radical (unpaired) electrons. The largest absolute Gasteiger partial charge is 0.329 e. The van der Waals surface area contributed by atoms with Crippen LogP contribution in [0.1, 0.15) is 28.8 Å². The second-order valence-corrected chi connectivity index (χ2v) is 9.09. The number of Topliss-reactive ketones (excluding diaryl/α,β-unsaturated/α-hetero) is 1. The van der Waals surface area contributed by atoms with Crippen molar-refractivity contribution in [3.8, 4) is 0 Å². The number of ketones is 1. The van der Waals surface area contributed by atoms with Crippen LogP contribution < -0.4 is 5.69 Å². The number of nitrogens with zero attached hydrogens (tertiary/aromatic N) is 3. The number of hydrogen-bond donors (Lipinski definition) is 0. The zero-order chi connectivity index (χ0) is 24.4. The van der Waals surface area contributed by atoms with Crippen LogP contribution in [-0.4, -0.2) is 39.5 Å². The smallest absolute Gasteiger partial charge is 0.302 e. The standard InChI is InChI=1S/C28H27F2N3O2.ClH/c29-23-11-9-20(10-12-23)27(34)21-13-15-31(16-14-21)17-18-32-25-7-3-4-8-26(25)33(28(32)35)19-22-5-1-2-6-24(22)30;/h1-12,21H,13-19H2;1H. The van der Waals surface area contributed by atoms with Crippen molar-refractivity contribution in [1.82, 2.24) is 14.0 Å². The quantitative estimate of drug-likeness (QED) is 0.323. The van der Waals surface area contributed by atoms with Gasteiger partial charge >= 0.3 is 5.69 Å². The van der Waals surface area contributed by atoms with Crippen LogP contribution in [0, 0.1) is 17.6 Å². The van der Waals surface area contributed by atoms with E-state index in [1.165, 1.54) is 18.2 Å². The monoisotopic (exact) mass is 511 g/mol. The zero-order valence-corrected chi connectivity index (χ0v) is 20.6. The fourth-order valence-corrected chi connectivity index (χ4v) is 4.95. The highest BCUT2D eigenvalue weighted by Crippen LogP contribution is 2.22. The number of halogens is 3. The lowest BCUT2D eigenvalue weighted by Crippen LogP contribution is -2.39. The van der Waals surface area contributed by atoms with E-state index >= 15 is 0 Å². The molecule has 1 aromatic heterocycles. The molecule has 0 N–H and O–H groups in total. The number of carbonyl (C=O) groups is 1. The van der Waals surface area contributed by atoms with Crippen molar-refractivity contribution < 1.29 is 13.6 Å². The van der Waals surface area contributed by atoms with Gasteiger partial charge in [-0.15, -0.1) is 12.4 Å².